The molecule has 2 heterocycles. The molecule has 0 bridgehead atoms. The summed E-state index contributed by atoms with van der Waals surface area (Å²) in [5.74, 6) is -0.874. The first-order valence-electron chi connectivity index (χ1n) is 5.95. The molecule has 1 fully saturated rings. The normalized spacial score (nSPS) is 19.2. The SMILES string of the molecule is CCc1[nH]nc(C(=O)N2CCC(C(N)=O)C2)c1N. The fourth-order valence-corrected chi connectivity index (χ4v) is 2.15. The van der Waals surface area contributed by atoms with Gasteiger partial charge in [-0.15, -0.1) is 0 Å². The maximum atomic E-state index is 12.2. The van der Waals surface area contributed by atoms with Crippen LogP contribution in [-0.4, -0.2) is 40.0 Å². The van der Waals surface area contributed by atoms with Gasteiger partial charge in [-0.1, -0.05) is 6.92 Å². The summed E-state index contributed by atoms with van der Waals surface area (Å²) >= 11 is 0. The average molecular weight is 251 g/mol. The number of H-pyrrole nitrogens is 1. The van der Waals surface area contributed by atoms with Crippen molar-refractivity contribution in [2.45, 2.75) is 19.8 Å². The molecule has 0 saturated carbocycles. The van der Waals surface area contributed by atoms with Crippen LogP contribution in [0, 0.1) is 5.92 Å². The van der Waals surface area contributed by atoms with Gasteiger partial charge in [-0.25, -0.2) is 0 Å². The number of primary amides is 1. The molecular formula is C11H17N5O2. The molecule has 0 radical (unpaired) electrons. The zero-order valence-corrected chi connectivity index (χ0v) is 10.3. The number of hydrogen-bond donors (Lipinski definition) is 3. The van der Waals surface area contributed by atoms with Gasteiger partial charge in [0.2, 0.25) is 5.91 Å². The van der Waals surface area contributed by atoms with Gasteiger partial charge in [0.25, 0.3) is 5.91 Å². The lowest BCUT2D eigenvalue weighted by Gasteiger charge is -2.14. The number of rotatable bonds is 3. The van der Waals surface area contributed by atoms with Gasteiger partial charge in [-0.3, -0.25) is 14.7 Å². The highest BCUT2D eigenvalue weighted by molar-refractivity contribution is 5.98. The zero-order chi connectivity index (χ0) is 13.3. The molecule has 1 unspecified atom stereocenters. The van der Waals surface area contributed by atoms with Crippen molar-refractivity contribution in [3.05, 3.63) is 11.4 Å². The molecule has 2 amide bonds. The maximum Gasteiger partial charge on any atom is 0.276 e. The number of nitrogens with one attached hydrogen (secondary N) is 1. The number of hydrogen-bond acceptors (Lipinski definition) is 4. The van der Waals surface area contributed by atoms with Gasteiger partial charge < -0.3 is 16.4 Å². The molecule has 1 atom stereocenters. The van der Waals surface area contributed by atoms with Gasteiger partial charge >= 0.3 is 0 Å². The molecule has 2 rings (SSSR count). The first-order valence-corrected chi connectivity index (χ1v) is 5.95. The van der Waals surface area contributed by atoms with Crippen molar-refractivity contribution >= 4 is 17.5 Å². The standard InChI is InChI=1S/C11H17N5O2/c1-2-7-8(12)9(15-14-7)11(18)16-4-3-6(5-16)10(13)17/h6H,2-5,12H2,1H3,(H2,13,17)(H,14,15). The summed E-state index contributed by atoms with van der Waals surface area (Å²) in [6.07, 6.45) is 1.29. The lowest BCUT2D eigenvalue weighted by atomic mass is 10.1. The Morgan fingerprint density at radius 1 is 1.56 bits per heavy atom. The lowest BCUT2D eigenvalue weighted by Crippen LogP contribution is -2.32. The molecule has 1 aromatic heterocycles. The van der Waals surface area contributed by atoms with Crippen LogP contribution in [0.15, 0.2) is 0 Å². The predicted molar refractivity (Wildman–Crippen MR) is 65.6 cm³/mol. The molecule has 5 N–H and O–H groups in total. The number of nitrogens with two attached hydrogens (primary N) is 2. The number of nitrogen functional groups attached to an aromatic ring is 1. The molecule has 0 spiro atoms. The fourth-order valence-electron chi connectivity index (χ4n) is 2.15. The number of aryl methyl sites for hydroxylation is 1. The minimum absolute atomic E-state index is 0.233. The van der Waals surface area contributed by atoms with E-state index in [1.807, 2.05) is 6.92 Å². The van der Waals surface area contributed by atoms with Crippen molar-refractivity contribution < 1.29 is 9.59 Å². The van der Waals surface area contributed by atoms with Crippen LogP contribution < -0.4 is 11.5 Å². The average Bonchev–Trinajstić information content (AvgIpc) is 2.94. The minimum atomic E-state index is -0.366. The predicted octanol–water partition coefficient (Wildman–Crippen LogP) is -0.498. The van der Waals surface area contributed by atoms with Gasteiger partial charge in [0.15, 0.2) is 5.69 Å². The number of aromatic amines is 1. The van der Waals surface area contributed by atoms with Crippen molar-refractivity contribution in [3.63, 3.8) is 0 Å². The highest BCUT2D eigenvalue weighted by Crippen LogP contribution is 2.21. The summed E-state index contributed by atoms with van der Waals surface area (Å²) in [5, 5.41) is 6.69. The molecule has 1 saturated heterocycles. The van der Waals surface area contributed by atoms with Crippen molar-refractivity contribution in [2.24, 2.45) is 11.7 Å². The lowest BCUT2D eigenvalue weighted by molar-refractivity contribution is -0.121. The largest absolute Gasteiger partial charge is 0.395 e. The van der Waals surface area contributed by atoms with Gasteiger partial charge in [-0.05, 0) is 12.8 Å². The first kappa shape index (κ1) is 12.4. The van der Waals surface area contributed by atoms with Crippen LogP contribution in [0.5, 0.6) is 0 Å². The van der Waals surface area contributed by atoms with E-state index in [1.165, 1.54) is 0 Å². The molecule has 7 heteroatoms. The summed E-state index contributed by atoms with van der Waals surface area (Å²) < 4.78 is 0. The van der Waals surface area contributed by atoms with E-state index in [9.17, 15) is 9.59 Å². The number of amides is 2. The Kier molecular flexibility index (Phi) is 3.22. The zero-order valence-electron chi connectivity index (χ0n) is 10.3. The number of carbonyl (C=O) groups excluding carboxylic acids is 2. The van der Waals surface area contributed by atoms with E-state index in [-0.39, 0.29) is 23.4 Å². The van der Waals surface area contributed by atoms with E-state index in [0.29, 0.717) is 31.6 Å². The maximum absolute atomic E-state index is 12.2. The van der Waals surface area contributed by atoms with Crippen molar-refractivity contribution in [3.8, 4) is 0 Å². The molecule has 1 aromatic rings. The second kappa shape index (κ2) is 4.67. The van der Waals surface area contributed by atoms with Crippen LogP contribution in [0.3, 0.4) is 0 Å². The van der Waals surface area contributed by atoms with E-state index >= 15 is 0 Å². The molecule has 1 aliphatic rings. The summed E-state index contributed by atoms with van der Waals surface area (Å²) in [7, 11) is 0. The smallest absolute Gasteiger partial charge is 0.276 e. The Labute approximate surface area is 105 Å². The Bertz CT molecular complexity index is 482. The number of anilines is 1. The third-order valence-electron chi connectivity index (χ3n) is 3.32. The molecule has 1 aliphatic heterocycles. The summed E-state index contributed by atoms with van der Waals surface area (Å²) in [4.78, 5) is 24.8. The van der Waals surface area contributed by atoms with Crippen LogP contribution in [0.2, 0.25) is 0 Å². The third kappa shape index (κ3) is 2.03. The van der Waals surface area contributed by atoms with Crippen LogP contribution in [0.4, 0.5) is 5.69 Å². The topological polar surface area (TPSA) is 118 Å². The van der Waals surface area contributed by atoms with Crippen LogP contribution in [0.1, 0.15) is 29.5 Å². The summed E-state index contributed by atoms with van der Waals surface area (Å²) in [6.45, 7) is 2.79. The quantitative estimate of drug-likeness (QED) is 0.671. The molecule has 18 heavy (non-hydrogen) atoms. The number of likely N-dealkylation sites (tertiary alicyclic amines) is 1. The van der Waals surface area contributed by atoms with E-state index in [4.69, 9.17) is 11.5 Å². The molecule has 7 nitrogen and oxygen atoms in total. The van der Waals surface area contributed by atoms with Gasteiger partial charge in [0.05, 0.1) is 17.3 Å². The molecule has 0 aromatic carbocycles. The summed E-state index contributed by atoms with van der Waals surface area (Å²) in [5.41, 5.74) is 12.5. The fraction of sp³-hybridized carbons (Fsp3) is 0.545. The van der Waals surface area contributed by atoms with E-state index < -0.39 is 0 Å². The van der Waals surface area contributed by atoms with Crippen molar-refractivity contribution in [1.29, 1.82) is 0 Å². The molecule has 98 valence electrons. The van der Waals surface area contributed by atoms with E-state index in [0.717, 1.165) is 5.69 Å². The van der Waals surface area contributed by atoms with Gasteiger partial charge in [-0.2, -0.15) is 5.10 Å². The third-order valence-corrected chi connectivity index (χ3v) is 3.32. The number of carbonyl (C=O) groups is 2. The highest BCUT2D eigenvalue weighted by atomic mass is 16.2. The van der Waals surface area contributed by atoms with E-state index in [2.05, 4.69) is 10.2 Å². The summed E-state index contributed by atoms with van der Waals surface area (Å²) in [6, 6.07) is 0. The van der Waals surface area contributed by atoms with Gasteiger partial charge in [0, 0.05) is 13.1 Å². The molecular weight excluding hydrogens is 234 g/mol. The van der Waals surface area contributed by atoms with Crippen LogP contribution >= 0.6 is 0 Å². The van der Waals surface area contributed by atoms with Crippen molar-refractivity contribution in [2.75, 3.05) is 18.8 Å². The van der Waals surface area contributed by atoms with E-state index in [1.54, 1.807) is 4.90 Å². The van der Waals surface area contributed by atoms with Crippen LogP contribution in [-0.2, 0) is 11.2 Å². The Hall–Kier alpha value is -2.05. The first-order chi connectivity index (χ1) is 8.54. The Morgan fingerprint density at radius 2 is 2.28 bits per heavy atom. The number of aromatic nitrogens is 2. The van der Waals surface area contributed by atoms with Crippen LogP contribution in [0.25, 0.3) is 0 Å². The van der Waals surface area contributed by atoms with Crippen molar-refractivity contribution in [1.82, 2.24) is 15.1 Å². The second-order valence-electron chi connectivity index (χ2n) is 4.46. The molecule has 0 aliphatic carbocycles. The minimum Gasteiger partial charge on any atom is -0.395 e. The van der Waals surface area contributed by atoms with Gasteiger partial charge in [0.1, 0.15) is 0 Å². The Balaban J connectivity index is 2.13. The highest BCUT2D eigenvalue weighted by Gasteiger charge is 2.32. The number of nitrogens with zero attached hydrogens (tertiary/aromatic N) is 2. The Morgan fingerprint density at radius 3 is 2.78 bits per heavy atom. The monoisotopic (exact) mass is 251 g/mol. The second-order valence-corrected chi connectivity index (χ2v) is 4.46.